The Bertz CT molecular complexity index is 1120. The molecule has 0 unspecified atom stereocenters. The Kier molecular flexibility index (Phi) is 6.65. The molecule has 1 aliphatic rings. The molecule has 2 heterocycles. The molecule has 3 aromatic rings. The molecule has 1 atom stereocenters. The van der Waals surface area contributed by atoms with Gasteiger partial charge in [0.15, 0.2) is 0 Å². The molecular weight excluding hydrogens is 413 g/mol. The van der Waals surface area contributed by atoms with Crippen molar-refractivity contribution < 1.29 is 18.7 Å². The predicted octanol–water partition coefficient (Wildman–Crippen LogP) is 1.76. The number of H-pyrrole nitrogens is 1. The second-order valence-electron chi connectivity index (χ2n) is 7.74. The molecule has 1 aliphatic heterocycles. The molecule has 2 aromatic carbocycles. The second kappa shape index (κ2) is 9.78. The lowest BCUT2D eigenvalue weighted by atomic mass is 10.1. The number of ether oxygens (including phenoxy) is 1. The van der Waals surface area contributed by atoms with Crippen LogP contribution in [0, 0.1) is 5.82 Å². The molecule has 8 nitrogen and oxygen atoms in total. The van der Waals surface area contributed by atoms with Crippen molar-refractivity contribution in [3.05, 3.63) is 59.7 Å². The van der Waals surface area contributed by atoms with Crippen LogP contribution >= 0.6 is 0 Å². The highest BCUT2D eigenvalue weighted by atomic mass is 19.1. The lowest BCUT2D eigenvalue weighted by Gasteiger charge is -2.34. The summed E-state index contributed by atoms with van der Waals surface area (Å²) in [7, 11) is 1.61. The first-order valence-electron chi connectivity index (χ1n) is 10.6. The van der Waals surface area contributed by atoms with Gasteiger partial charge in [-0.05, 0) is 18.2 Å². The zero-order valence-electron chi connectivity index (χ0n) is 17.9. The molecular formula is C23H26FN5O3. The van der Waals surface area contributed by atoms with E-state index in [-0.39, 0.29) is 30.6 Å². The minimum Gasteiger partial charge on any atom is -0.497 e. The number of hydrogen-bond donors (Lipinski definition) is 3. The number of carbonyl (C=O) groups excluding carboxylic acids is 2. The Hall–Kier alpha value is -3.46. The highest BCUT2D eigenvalue weighted by molar-refractivity contribution is 5.88. The van der Waals surface area contributed by atoms with Crippen molar-refractivity contribution in [1.82, 2.24) is 25.5 Å². The molecule has 1 saturated heterocycles. The molecule has 3 N–H and O–H groups in total. The standard InChI is InChI=1S/C23H26FN5O3/c1-32-16-6-7-18-19(12-16)28-21(27-18)8-9-25-22(30)13-20-23(31)26-10-11-29(20)14-15-4-2-3-5-17(15)24/h2-7,12,20H,8-11,13-14H2,1H3,(H,25,30)(H,26,31)(H,27,28)/t20-/m1/s1. The molecule has 0 spiro atoms. The number of hydrogen-bond acceptors (Lipinski definition) is 5. The Balaban J connectivity index is 1.32. The van der Waals surface area contributed by atoms with Gasteiger partial charge in [-0.2, -0.15) is 0 Å². The first-order chi connectivity index (χ1) is 15.5. The minimum atomic E-state index is -0.637. The number of methoxy groups -OCH3 is 1. The van der Waals surface area contributed by atoms with Crippen LogP contribution in [-0.2, 0) is 22.6 Å². The molecule has 4 rings (SSSR count). The Morgan fingerprint density at radius 2 is 2.16 bits per heavy atom. The molecule has 0 aliphatic carbocycles. The van der Waals surface area contributed by atoms with Gasteiger partial charge in [-0.3, -0.25) is 14.5 Å². The Morgan fingerprint density at radius 1 is 1.31 bits per heavy atom. The van der Waals surface area contributed by atoms with Crippen LogP contribution in [0.1, 0.15) is 17.8 Å². The largest absolute Gasteiger partial charge is 0.497 e. The van der Waals surface area contributed by atoms with Gasteiger partial charge in [-0.1, -0.05) is 18.2 Å². The fraction of sp³-hybridized carbons (Fsp3) is 0.348. The van der Waals surface area contributed by atoms with E-state index in [0.717, 1.165) is 22.6 Å². The van der Waals surface area contributed by atoms with Gasteiger partial charge in [0.25, 0.3) is 0 Å². The fourth-order valence-corrected chi connectivity index (χ4v) is 3.87. The van der Waals surface area contributed by atoms with Crippen molar-refractivity contribution in [2.24, 2.45) is 0 Å². The number of aromatic amines is 1. The first-order valence-corrected chi connectivity index (χ1v) is 10.6. The molecule has 1 aromatic heterocycles. The van der Waals surface area contributed by atoms with Crippen molar-refractivity contribution in [3.63, 3.8) is 0 Å². The Labute approximate surface area is 185 Å². The summed E-state index contributed by atoms with van der Waals surface area (Å²) in [5, 5.41) is 5.65. The molecule has 0 saturated carbocycles. The third-order valence-corrected chi connectivity index (χ3v) is 5.57. The summed E-state index contributed by atoms with van der Waals surface area (Å²) in [5.41, 5.74) is 2.21. The number of benzene rings is 2. The van der Waals surface area contributed by atoms with Gasteiger partial charge in [0.1, 0.15) is 17.4 Å². The van der Waals surface area contributed by atoms with Crippen molar-refractivity contribution in [3.8, 4) is 5.75 Å². The monoisotopic (exact) mass is 439 g/mol. The normalized spacial score (nSPS) is 16.7. The number of rotatable bonds is 8. The summed E-state index contributed by atoms with van der Waals surface area (Å²) in [4.78, 5) is 34.5. The van der Waals surface area contributed by atoms with Gasteiger partial charge in [-0.25, -0.2) is 9.37 Å². The minimum absolute atomic E-state index is 0.0115. The average Bonchev–Trinajstić information content (AvgIpc) is 3.19. The highest BCUT2D eigenvalue weighted by Gasteiger charge is 2.31. The van der Waals surface area contributed by atoms with E-state index in [9.17, 15) is 14.0 Å². The van der Waals surface area contributed by atoms with Crippen LogP contribution in [-0.4, -0.2) is 59.5 Å². The van der Waals surface area contributed by atoms with Crippen LogP contribution in [0.3, 0.4) is 0 Å². The SMILES string of the molecule is COc1ccc2nc(CCNC(=O)C[C@@H]3C(=O)NCCN3Cc3ccccc3F)[nH]c2c1. The zero-order valence-corrected chi connectivity index (χ0v) is 17.9. The number of piperazine rings is 1. The fourth-order valence-electron chi connectivity index (χ4n) is 3.87. The lowest BCUT2D eigenvalue weighted by Crippen LogP contribution is -2.56. The number of aromatic nitrogens is 2. The van der Waals surface area contributed by atoms with Crippen LogP contribution in [0.4, 0.5) is 4.39 Å². The lowest BCUT2D eigenvalue weighted by molar-refractivity contribution is -0.134. The molecule has 0 radical (unpaired) electrons. The summed E-state index contributed by atoms with van der Waals surface area (Å²) < 4.78 is 19.3. The van der Waals surface area contributed by atoms with Crippen molar-refractivity contribution in [2.45, 2.75) is 25.4 Å². The van der Waals surface area contributed by atoms with Gasteiger partial charge < -0.3 is 20.4 Å². The quantitative estimate of drug-likeness (QED) is 0.497. The number of halogens is 1. The van der Waals surface area contributed by atoms with Crippen molar-refractivity contribution in [2.75, 3.05) is 26.7 Å². The number of nitrogens with zero attached hydrogens (tertiary/aromatic N) is 2. The van der Waals surface area contributed by atoms with Crippen LogP contribution in [0.25, 0.3) is 11.0 Å². The third-order valence-electron chi connectivity index (χ3n) is 5.57. The van der Waals surface area contributed by atoms with Crippen LogP contribution < -0.4 is 15.4 Å². The summed E-state index contributed by atoms with van der Waals surface area (Å²) in [6.45, 7) is 1.70. The van der Waals surface area contributed by atoms with E-state index in [1.807, 2.05) is 23.1 Å². The van der Waals surface area contributed by atoms with Gasteiger partial charge in [0.05, 0.1) is 30.6 Å². The number of nitrogens with one attached hydrogen (secondary N) is 3. The predicted molar refractivity (Wildman–Crippen MR) is 118 cm³/mol. The molecule has 1 fully saturated rings. The third kappa shape index (κ3) is 5.05. The van der Waals surface area contributed by atoms with Crippen molar-refractivity contribution in [1.29, 1.82) is 0 Å². The average molecular weight is 439 g/mol. The maximum absolute atomic E-state index is 14.1. The van der Waals surface area contributed by atoms with E-state index in [4.69, 9.17) is 4.74 Å². The summed E-state index contributed by atoms with van der Waals surface area (Å²) in [5.74, 6) is 0.735. The second-order valence-corrected chi connectivity index (χ2v) is 7.74. The number of imidazole rings is 1. The van der Waals surface area contributed by atoms with Crippen LogP contribution in [0.2, 0.25) is 0 Å². The van der Waals surface area contributed by atoms with E-state index in [2.05, 4.69) is 20.6 Å². The van der Waals surface area contributed by atoms with Crippen molar-refractivity contribution >= 4 is 22.8 Å². The van der Waals surface area contributed by atoms with Gasteiger partial charge in [0, 0.05) is 44.2 Å². The smallest absolute Gasteiger partial charge is 0.237 e. The molecule has 9 heteroatoms. The summed E-state index contributed by atoms with van der Waals surface area (Å²) in [6, 6.07) is 11.4. The maximum Gasteiger partial charge on any atom is 0.237 e. The number of carbonyl (C=O) groups is 2. The van der Waals surface area contributed by atoms with Crippen LogP contribution in [0.5, 0.6) is 5.75 Å². The zero-order chi connectivity index (χ0) is 22.5. The van der Waals surface area contributed by atoms with Gasteiger partial charge >= 0.3 is 0 Å². The molecule has 168 valence electrons. The maximum atomic E-state index is 14.1. The molecule has 32 heavy (non-hydrogen) atoms. The summed E-state index contributed by atoms with van der Waals surface area (Å²) >= 11 is 0. The van der Waals surface area contributed by atoms with Gasteiger partial charge in [0.2, 0.25) is 11.8 Å². The Morgan fingerprint density at radius 3 is 2.97 bits per heavy atom. The van der Waals surface area contributed by atoms with Crippen LogP contribution in [0.15, 0.2) is 42.5 Å². The molecule has 0 bridgehead atoms. The number of amides is 2. The molecule has 2 amide bonds. The van der Waals surface area contributed by atoms with E-state index >= 15 is 0 Å². The highest BCUT2D eigenvalue weighted by Crippen LogP contribution is 2.19. The van der Waals surface area contributed by atoms with E-state index in [1.54, 1.807) is 25.3 Å². The van der Waals surface area contributed by atoms with E-state index < -0.39 is 6.04 Å². The van der Waals surface area contributed by atoms with E-state index in [0.29, 0.717) is 31.6 Å². The van der Waals surface area contributed by atoms with E-state index in [1.165, 1.54) is 6.07 Å². The first kappa shape index (κ1) is 21.8. The van der Waals surface area contributed by atoms with Gasteiger partial charge in [-0.15, -0.1) is 0 Å². The summed E-state index contributed by atoms with van der Waals surface area (Å²) in [6.07, 6.45) is 0.538. The topological polar surface area (TPSA) is 99.3 Å². The number of fused-ring (bicyclic) bond motifs is 1.